The van der Waals surface area contributed by atoms with Gasteiger partial charge in [-0.15, -0.1) is 0 Å². The lowest BCUT2D eigenvalue weighted by atomic mass is 9.59. The molecular formula is C54H78N2. The molecule has 2 nitrogen and oxygen atoms in total. The van der Waals surface area contributed by atoms with Gasteiger partial charge in [-0.3, -0.25) is 0 Å². The Kier molecular flexibility index (Phi) is 17.5. The second-order valence-corrected chi connectivity index (χ2v) is 17.8. The number of hydrogen-bond donors (Lipinski definition) is 2. The Morgan fingerprint density at radius 3 is 1.30 bits per heavy atom. The Bertz CT molecular complexity index is 1600. The fourth-order valence-electron chi connectivity index (χ4n) is 10.6. The molecule has 5 rings (SSSR count). The van der Waals surface area contributed by atoms with Crippen LogP contribution in [-0.4, -0.2) is 0 Å². The van der Waals surface area contributed by atoms with Crippen LogP contribution in [0.15, 0.2) is 84.9 Å². The molecule has 0 heterocycles. The predicted molar refractivity (Wildman–Crippen MR) is 246 cm³/mol. The highest BCUT2D eigenvalue weighted by molar-refractivity contribution is 5.51. The maximum Gasteiger partial charge on any atom is 0.0316 e. The summed E-state index contributed by atoms with van der Waals surface area (Å²) >= 11 is 0. The van der Waals surface area contributed by atoms with Crippen molar-refractivity contribution < 1.29 is 0 Å². The van der Waals surface area contributed by atoms with Gasteiger partial charge < -0.3 is 11.5 Å². The van der Waals surface area contributed by atoms with Crippen LogP contribution in [0.1, 0.15) is 212 Å². The average Bonchev–Trinajstić information content (AvgIpc) is 3.21. The van der Waals surface area contributed by atoms with E-state index in [1.54, 1.807) is 0 Å². The number of hydrogen-bond acceptors (Lipinski definition) is 2. The number of benzene rings is 4. The molecule has 4 aromatic carbocycles. The summed E-state index contributed by atoms with van der Waals surface area (Å²) in [6.45, 7) is 11.5. The van der Waals surface area contributed by atoms with Crippen LogP contribution in [0.3, 0.4) is 0 Å². The summed E-state index contributed by atoms with van der Waals surface area (Å²) < 4.78 is 0. The van der Waals surface area contributed by atoms with Crippen LogP contribution >= 0.6 is 0 Å². The van der Waals surface area contributed by atoms with Gasteiger partial charge in [-0.2, -0.15) is 0 Å². The van der Waals surface area contributed by atoms with Gasteiger partial charge in [-0.1, -0.05) is 184 Å². The molecule has 2 atom stereocenters. The molecule has 56 heavy (non-hydrogen) atoms. The molecule has 0 saturated heterocycles. The molecule has 1 aliphatic carbocycles. The highest BCUT2D eigenvalue weighted by Gasteiger charge is 2.41. The van der Waals surface area contributed by atoms with E-state index in [-0.39, 0.29) is 5.41 Å². The van der Waals surface area contributed by atoms with Crippen LogP contribution in [0.5, 0.6) is 0 Å². The highest BCUT2D eigenvalue weighted by atomic mass is 14.5. The average molecular weight is 755 g/mol. The Morgan fingerprint density at radius 2 is 0.911 bits per heavy atom. The first-order valence-electron chi connectivity index (χ1n) is 23.2. The number of unbranched alkanes of at least 4 members (excludes halogenated alkanes) is 10. The van der Waals surface area contributed by atoms with E-state index >= 15 is 0 Å². The highest BCUT2D eigenvalue weighted by Crippen LogP contribution is 2.50. The monoisotopic (exact) mass is 755 g/mol. The summed E-state index contributed by atoms with van der Waals surface area (Å²) in [5, 5.41) is 0. The number of rotatable bonds is 23. The molecule has 304 valence electrons. The van der Waals surface area contributed by atoms with Crippen LogP contribution in [0.25, 0.3) is 0 Å². The molecule has 0 amide bonds. The SMILES string of the molecule is CCCCCCCCC(c1ccc(C(CCC)(c2ccc(C(CCCCCCCC)c3ccc(N)cc3C)cc2)C2CCCCC2)cc1)c1ccc(N)cc1C. The van der Waals surface area contributed by atoms with Crippen molar-refractivity contribution in [2.45, 2.75) is 187 Å². The van der Waals surface area contributed by atoms with Gasteiger partial charge in [-0.05, 0) is 121 Å². The van der Waals surface area contributed by atoms with Gasteiger partial charge in [-0.25, -0.2) is 0 Å². The lowest BCUT2D eigenvalue weighted by Crippen LogP contribution is -2.38. The first-order chi connectivity index (χ1) is 27.3. The van der Waals surface area contributed by atoms with Crippen molar-refractivity contribution in [3.63, 3.8) is 0 Å². The van der Waals surface area contributed by atoms with E-state index < -0.39 is 0 Å². The number of nitrogen functional groups attached to an aromatic ring is 2. The molecule has 0 bridgehead atoms. The van der Waals surface area contributed by atoms with E-state index in [2.05, 4.69) is 120 Å². The first-order valence-corrected chi connectivity index (χ1v) is 23.2. The Labute approximate surface area is 343 Å². The van der Waals surface area contributed by atoms with Gasteiger partial charge in [0.05, 0.1) is 0 Å². The van der Waals surface area contributed by atoms with E-state index in [0.29, 0.717) is 17.8 Å². The minimum absolute atomic E-state index is 0.0179. The Balaban J connectivity index is 1.49. The summed E-state index contributed by atoms with van der Waals surface area (Å²) in [5.41, 5.74) is 25.7. The molecule has 1 fully saturated rings. The molecule has 4 aromatic rings. The molecule has 0 radical (unpaired) electrons. The summed E-state index contributed by atoms with van der Waals surface area (Å²) in [6, 6.07) is 33.4. The second-order valence-electron chi connectivity index (χ2n) is 17.8. The first kappa shape index (κ1) is 43.6. The third-order valence-corrected chi connectivity index (χ3v) is 13.6. The minimum Gasteiger partial charge on any atom is -0.399 e. The van der Waals surface area contributed by atoms with Gasteiger partial charge >= 0.3 is 0 Å². The van der Waals surface area contributed by atoms with Crippen molar-refractivity contribution in [3.05, 3.63) is 129 Å². The van der Waals surface area contributed by atoms with Crippen molar-refractivity contribution in [3.8, 4) is 0 Å². The third kappa shape index (κ3) is 11.3. The topological polar surface area (TPSA) is 52.0 Å². The lowest BCUT2D eigenvalue weighted by Gasteiger charge is -2.44. The molecular weight excluding hydrogens is 677 g/mol. The van der Waals surface area contributed by atoms with E-state index in [1.165, 1.54) is 179 Å². The predicted octanol–water partition coefficient (Wildman–Crippen LogP) is 15.9. The molecule has 1 aliphatic rings. The Morgan fingerprint density at radius 1 is 0.500 bits per heavy atom. The Hall–Kier alpha value is -3.52. The normalized spacial score (nSPS) is 15.7. The fourth-order valence-corrected chi connectivity index (χ4v) is 10.6. The van der Waals surface area contributed by atoms with Crippen LogP contribution in [0.2, 0.25) is 0 Å². The zero-order valence-corrected chi connectivity index (χ0v) is 36.3. The maximum absolute atomic E-state index is 6.26. The summed E-state index contributed by atoms with van der Waals surface area (Å²) in [6.07, 6.45) is 27.3. The van der Waals surface area contributed by atoms with E-state index in [4.69, 9.17) is 11.5 Å². The summed E-state index contributed by atoms with van der Waals surface area (Å²) in [7, 11) is 0. The van der Waals surface area contributed by atoms with Crippen molar-refractivity contribution in [1.29, 1.82) is 0 Å². The molecule has 1 saturated carbocycles. The zero-order chi connectivity index (χ0) is 39.8. The molecule has 0 aromatic heterocycles. The van der Waals surface area contributed by atoms with Gasteiger partial charge in [0.25, 0.3) is 0 Å². The van der Waals surface area contributed by atoms with Crippen LogP contribution in [-0.2, 0) is 5.41 Å². The van der Waals surface area contributed by atoms with E-state index in [9.17, 15) is 0 Å². The summed E-state index contributed by atoms with van der Waals surface area (Å²) in [4.78, 5) is 0. The molecule has 0 spiro atoms. The number of nitrogens with two attached hydrogens (primary N) is 2. The standard InChI is InChI=1S/C54H78N2/c1-6-9-11-13-15-20-24-52(50-36-34-48(55)39-41(50)4)43-26-30-46(31-27-43)54(38-8-3,45-22-18-17-19-23-45)47-32-28-44(29-33-47)53(25-21-16-14-12-10-7-2)51-37-35-49(56)40-42(51)5/h26-37,39-40,45,52-53H,6-25,38,55-56H2,1-5H3. The summed E-state index contributed by atoms with van der Waals surface area (Å²) in [5.74, 6) is 1.45. The van der Waals surface area contributed by atoms with Crippen LogP contribution < -0.4 is 11.5 Å². The molecule has 2 unspecified atom stereocenters. The van der Waals surface area contributed by atoms with Gasteiger partial charge in [0.1, 0.15) is 0 Å². The van der Waals surface area contributed by atoms with E-state index in [1.807, 2.05) is 0 Å². The second kappa shape index (κ2) is 22.4. The molecule has 4 N–H and O–H groups in total. The van der Waals surface area contributed by atoms with Crippen molar-refractivity contribution in [2.24, 2.45) is 5.92 Å². The smallest absolute Gasteiger partial charge is 0.0316 e. The number of aryl methyl sites for hydroxylation is 2. The maximum atomic E-state index is 6.26. The van der Waals surface area contributed by atoms with E-state index in [0.717, 1.165) is 11.4 Å². The number of anilines is 2. The quantitative estimate of drug-likeness (QED) is 0.0585. The van der Waals surface area contributed by atoms with Crippen molar-refractivity contribution in [2.75, 3.05) is 11.5 Å². The van der Waals surface area contributed by atoms with Gasteiger partial charge in [0.15, 0.2) is 0 Å². The molecule has 0 aliphatic heterocycles. The zero-order valence-electron chi connectivity index (χ0n) is 36.3. The lowest BCUT2D eigenvalue weighted by molar-refractivity contribution is 0.224. The van der Waals surface area contributed by atoms with Gasteiger partial charge in [0.2, 0.25) is 0 Å². The van der Waals surface area contributed by atoms with Gasteiger partial charge in [0, 0.05) is 28.6 Å². The van der Waals surface area contributed by atoms with Crippen LogP contribution in [0.4, 0.5) is 11.4 Å². The third-order valence-electron chi connectivity index (χ3n) is 13.6. The van der Waals surface area contributed by atoms with Crippen LogP contribution in [0, 0.1) is 19.8 Å². The van der Waals surface area contributed by atoms with Crippen molar-refractivity contribution >= 4 is 11.4 Å². The fraction of sp³-hybridized carbons (Fsp3) is 0.556. The van der Waals surface area contributed by atoms with Crippen molar-refractivity contribution in [1.82, 2.24) is 0 Å². The minimum atomic E-state index is 0.0179. The molecule has 2 heteroatoms. The largest absolute Gasteiger partial charge is 0.399 e.